The lowest BCUT2D eigenvalue weighted by atomic mass is 9.96. The van der Waals surface area contributed by atoms with E-state index in [2.05, 4.69) is 17.9 Å². The normalized spacial score (nSPS) is 22.2. The van der Waals surface area contributed by atoms with Gasteiger partial charge in [-0.15, -0.1) is 0 Å². The molecule has 1 atom stereocenters. The van der Waals surface area contributed by atoms with Crippen LogP contribution in [0.2, 0.25) is 0 Å². The molecule has 1 aromatic rings. The fourth-order valence-corrected chi connectivity index (χ4v) is 4.35. The summed E-state index contributed by atoms with van der Waals surface area (Å²) in [5, 5.41) is 0. The highest BCUT2D eigenvalue weighted by atomic mass is 32.2. The van der Waals surface area contributed by atoms with E-state index in [1.54, 1.807) is 7.11 Å². The van der Waals surface area contributed by atoms with Gasteiger partial charge in [-0.1, -0.05) is 32.0 Å². The van der Waals surface area contributed by atoms with Gasteiger partial charge in [-0.3, -0.25) is 4.90 Å². The number of methoxy groups -OCH3 is 1. The van der Waals surface area contributed by atoms with Crippen molar-refractivity contribution >= 4 is 11.0 Å². The van der Waals surface area contributed by atoms with E-state index in [4.69, 9.17) is 9.47 Å². The predicted molar refractivity (Wildman–Crippen MR) is 97.3 cm³/mol. The van der Waals surface area contributed by atoms with Gasteiger partial charge in [0.2, 0.25) is 0 Å². The Balaban J connectivity index is 0.00000100. The van der Waals surface area contributed by atoms with Crippen LogP contribution in [0.1, 0.15) is 26.3 Å². The molecular weight excluding hydrogens is 324 g/mol. The molecule has 0 radical (unpaired) electrons. The molecule has 0 aromatic heterocycles. The minimum absolute atomic E-state index is 0.0295. The molecule has 2 fully saturated rings. The molecule has 0 bridgehead atoms. The number of morpholine rings is 1. The summed E-state index contributed by atoms with van der Waals surface area (Å²) < 4.78 is 25.7. The molecular formula is C18H30N2O3S. The van der Waals surface area contributed by atoms with Crippen molar-refractivity contribution in [1.29, 1.82) is 0 Å². The molecule has 24 heavy (non-hydrogen) atoms. The third-order valence-electron chi connectivity index (χ3n) is 4.37. The largest absolute Gasteiger partial charge is 0.379 e. The molecule has 0 aliphatic carbocycles. The van der Waals surface area contributed by atoms with Gasteiger partial charge in [-0.2, -0.15) is 0 Å². The molecule has 1 aromatic carbocycles. The van der Waals surface area contributed by atoms with E-state index < -0.39 is 11.0 Å². The zero-order chi connectivity index (χ0) is 17.6. The molecule has 6 heteroatoms. The molecule has 5 nitrogen and oxygen atoms in total. The maximum atomic E-state index is 12.8. The Morgan fingerprint density at radius 2 is 1.83 bits per heavy atom. The van der Waals surface area contributed by atoms with E-state index >= 15 is 0 Å². The Morgan fingerprint density at radius 3 is 2.46 bits per heavy atom. The van der Waals surface area contributed by atoms with Crippen molar-refractivity contribution in [2.24, 2.45) is 0 Å². The summed E-state index contributed by atoms with van der Waals surface area (Å²) in [7, 11) is 0.661. The summed E-state index contributed by atoms with van der Waals surface area (Å²) in [5.41, 5.74) is 1.11. The van der Waals surface area contributed by atoms with Crippen LogP contribution in [0.4, 0.5) is 0 Å². The Labute approximate surface area is 148 Å². The van der Waals surface area contributed by atoms with Gasteiger partial charge in [0.05, 0.1) is 23.7 Å². The number of hydrogen-bond acceptors (Lipinski definition) is 4. The molecule has 0 spiro atoms. The fourth-order valence-electron chi connectivity index (χ4n) is 3.04. The van der Waals surface area contributed by atoms with Crippen molar-refractivity contribution in [3.05, 3.63) is 29.8 Å². The number of hydrogen-bond donors (Lipinski definition) is 0. The van der Waals surface area contributed by atoms with Gasteiger partial charge in [-0.25, -0.2) is 8.51 Å². The highest BCUT2D eigenvalue weighted by molar-refractivity contribution is 7.82. The number of ether oxygens (including phenoxy) is 2. The summed E-state index contributed by atoms with van der Waals surface area (Å²) in [6.45, 7) is 11.6. The van der Waals surface area contributed by atoms with Crippen LogP contribution >= 0.6 is 0 Å². The minimum atomic E-state index is -1.10. The van der Waals surface area contributed by atoms with Crippen molar-refractivity contribution < 1.29 is 13.7 Å². The summed E-state index contributed by atoms with van der Waals surface area (Å²) >= 11 is 0. The van der Waals surface area contributed by atoms with Crippen LogP contribution in [0.3, 0.4) is 0 Å². The van der Waals surface area contributed by atoms with Crippen molar-refractivity contribution in [2.75, 3.05) is 46.5 Å². The van der Waals surface area contributed by atoms with Crippen molar-refractivity contribution in [2.45, 2.75) is 37.8 Å². The van der Waals surface area contributed by atoms with Crippen molar-refractivity contribution in [3.8, 4) is 0 Å². The van der Waals surface area contributed by atoms with E-state index in [-0.39, 0.29) is 5.60 Å². The van der Waals surface area contributed by atoms with E-state index in [1.807, 2.05) is 36.4 Å². The van der Waals surface area contributed by atoms with Gasteiger partial charge in [0.25, 0.3) is 0 Å². The topological polar surface area (TPSA) is 42.0 Å². The van der Waals surface area contributed by atoms with Crippen LogP contribution in [-0.4, -0.2) is 65.5 Å². The zero-order valence-electron chi connectivity index (χ0n) is 15.3. The Bertz CT molecular complexity index is 541. The zero-order valence-corrected chi connectivity index (χ0v) is 16.1. The fraction of sp³-hybridized carbons (Fsp3) is 0.667. The Kier molecular flexibility index (Phi) is 7.37. The van der Waals surface area contributed by atoms with Crippen LogP contribution in [0, 0.1) is 0 Å². The molecule has 2 aliphatic rings. The van der Waals surface area contributed by atoms with E-state index in [0.29, 0.717) is 13.2 Å². The first-order valence-corrected chi connectivity index (χ1v) is 9.82. The smallest absolute Gasteiger partial charge is 0.128 e. The summed E-state index contributed by atoms with van der Waals surface area (Å²) in [6, 6.07) is 8.05. The second kappa shape index (κ2) is 9.06. The van der Waals surface area contributed by atoms with Crippen LogP contribution in [0.15, 0.2) is 29.2 Å². The molecule has 0 saturated carbocycles. The van der Waals surface area contributed by atoms with Crippen LogP contribution in [0.5, 0.6) is 0 Å². The highest BCUT2D eigenvalue weighted by Crippen LogP contribution is 2.27. The maximum absolute atomic E-state index is 12.8. The van der Waals surface area contributed by atoms with Gasteiger partial charge < -0.3 is 9.47 Å². The molecule has 2 heterocycles. The monoisotopic (exact) mass is 354 g/mol. The quantitative estimate of drug-likeness (QED) is 0.814. The lowest BCUT2D eigenvalue weighted by molar-refractivity contribution is -0.114. The molecule has 136 valence electrons. The summed E-state index contributed by atoms with van der Waals surface area (Å²) in [6.07, 6.45) is 0. The van der Waals surface area contributed by atoms with E-state index in [9.17, 15) is 4.21 Å². The number of nitrogens with zero attached hydrogens (tertiary/aromatic N) is 2. The van der Waals surface area contributed by atoms with Gasteiger partial charge in [0.1, 0.15) is 11.0 Å². The molecule has 2 saturated heterocycles. The van der Waals surface area contributed by atoms with E-state index in [0.717, 1.165) is 43.2 Å². The Hall–Kier alpha value is -0.790. The molecule has 1 unspecified atom stereocenters. The third-order valence-corrected chi connectivity index (χ3v) is 5.98. The molecule has 2 aliphatic heterocycles. The summed E-state index contributed by atoms with van der Waals surface area (Å²) in [5.74, 6) is 0. The van der Waals surface area contributed by atoms with Gasteiger partial charge >= 0.3 is 0 Å². The van der Waals surface area contributed by atoms with Gasteiger partial charge in [0, 0.05) is 39.8 Å². The second-order valence-corrected chi connectivity index (χ2v) is 7.65. The van der Waals surface area contributed by atoms with Crippen molar-refractivity contribution in [3.63, 3.8) is 0 Å². The first-order valence-electron chi connectivity index (χ1n) is 8.71. The Morgan fingerprint density at radius 1 is 1.21 bits per heavy atom. The minimum Gasteiger partial charge on any atom is -0.379 e. The maximum Gasteiger partial charge on any atom is 0.128 e. The lowest BCUT2D eigenvalue weighted by Crippen LogP contribution is -2.60. The molecule has 0 amide bonds. The first-order chi connectivity index (χ1) is 11.6. The average molecular weight is 355 g/mol. The van der Waals surface area contributed by atoms with E-state index in [1.165, 1.54) is 0 Å². The van der Waals surface area contributed by atoms with Crippen LogP contribution < -0.4 is 0 Å². The lowest BCUT2D eigenvalue weighted by Gasteiger charge is -2.47. The highest BCUT2D eigenvalue weighted by Gasteiger charge is 2.38. The van der Waals surface area contributed by atoms with Gasteiger partial charge in [0.15, 0.2) is 0 Å². The third kappa shape index (κ3) is 4.64. The van der Waals surface area contributed by atoms with Gasteiger partial charge in [-0.05, 0) is 18.6 Å². The van der Waals surface area contributed by atoms with Crippen molar-refractivity contribution in [1.82, 2.24) is 9.21 Å². The number of benzene rings is 1. The SMILES string of the molecule is CC.COC1(C)CN(Cc2ccccc2S(=O)N2CCOCC2)C1. The standard InChI is InChI=1S/C16H24N2O3S.C2H6/c1-16(20-2)12-17(13-16)11-14-5-3-4-6-15(14)22(19)18-7-9-21-10-8-18;1-2/h3-6H,7-13H2,1-2H3;1-2H3. The van der Waals surface area contributed by atoms with Crippen LogP contribution in [0.25, 0.3) is 0 Å². The number of likely N-dealkylation sites (tertiary alicyclic amines) is 1. The number of rotatable bonds is 5. The molecule has 3 rings (SSSR count). The summed E-state index contributed by atoms with van der Waals surface area (Å²) in [4.78, 5) is 3.26. The van der Waals surface area contributed by atoms with Crippen LogP contribution in [-0.2, 0) is 27.0 Å². The predicted octanol–water partition coefficient (Wildman–Crippen LogP) is 2.29. The first kappa shape index (κ1) is 19.5. The average Bonchev–Trinajstić information content (AvgIpc) is 2.62. The second-order valence-electron chi connectivity index (χ2n) is 6.20. The molecule has 0 N–H and O–H groups in total.